The second kappa shape index (κ2) is 10.1. The summed E-state index contributed by atoms with van der Waals surface area (Å²) in [5, 5.41) is 9.34. The molecule has 1 N–H and O–H groups in total. The zero-order chi connectivity index (χ0) is 21.7. The van der Waals surface area contributed by atoms with Gasteiger partial charge in [-0.05, 0) is 41.5 Å². The summed E-state index contributed by atoms with van der Waals surface area (Å²) < 4.78 is 11.2. The van der Waals surface area contributed by atoms with Crippen molar-refractivity contribution in [1.82, 2.24) is 4.90 Å². The molecule has 9 heteroatoms. The van der Waals surface area contributed by atoms with Gasteiger partial charge >= 0.3 is 5.97 Å². The SMILES string of the molecule is COCCN1C(=O)/C(=C/c2ccc(OCc3ccc(C(=O)O)cc3)c(Cl)c2)SC1=S. The van der Waals surface area contributed by atoms with Crippen LogP contribution in [0.4, 0.5) is 0 Å². The molecule has 0 bridgehead atoms. The molecule has 0 saturated carbocycles. The monoisotopic (exact) mass is 463 g/mol. The Labute approximate surface area is 188 Å². The first kappa shape index (κ1) is 22.3. The first-order valence-electron chi connectivity index (χ1n) is 8.88. The normalized spacial score (nSPS) is 15.1. The molecule has 0 aliphatic carbocycles. The molecule has 1 fully saturated rings. The highest BCUT2D eigenvalue weighted by atomic mass is 35.5. The molecular formula is C21H18ClNO5S2. The van der Waals surface area contributed by atoms with Crippen LogP contribution in [0, 0.1) is 0 Å². The molecule has 0 aromatic heterocycles. The molecule has 0 radical (unpaired) electrons. The minimum atomic E-state index is -0.975. The predicted molar refractivity (Wildman–Crippen MR) is 121 cm³/mol. The van der Waals surface area contributed by atoms with Crippen LogP contribution in [0.3, 0.4) is 0 Å². The van der Waals surface area contributed by atoms with Crippen molar-refractivity contribution in [2.24, 2.45) is 0 Å². The number of hydrogen-bond acceptors (Lipinski definition) is 6. The number of halogens is 1. The van der Waals surface area contributed by atoms with Gasteiger partial charge in [0.25, 0.3) is 5.91 Å². The fourth-order valence-corrected chi connectivity index (χ4v) is 4.21. The van der Waals surface area contributed by atoms with Crippen molar-refractivity contribution in [2.75, 3.05) is 20.3 Å². The van der Waals surface area contributed by atoms with E-state index in [4.69, 9.17) is 38.4 Å². The Morgan fingerprint density at radius 3 is 2.63 bits per heavy atom. The molecule has 1 amide bonds. The lowest BCUT2D eigenvalue weighted by atomic mass is 10.1. The van der Waals surface area contributed by atoms with Crippen molar-refractivity contribution < 1.29 is 24.2 Å². The highest BCUT2D eigenvalue weighted by molar-refractivity contribution is 8.26. The average molecular weight is 464 g/mol. The van der Waals surface area contributed by atoms with Gasteiger partial charge < -0.3 is 14.6 Å². The van der Waals surface area contributed by atoms with Gasteiger partial charge in [-0.2, -0.15) is 0 Å². The fraction of sp³-hybridized carbons (Fsp3) is 0.190. The van der Waals surface area contributed by atoms with Crippen LogP contribution in [0.5, 0.6) is 5.75 Å². The van der Waals surface area contributed by atoms with Gasteiger partial charge in [-0.1, -0.05) is 53.8 Å². The largest absolute Gasteiger partial charge is 0.487 e. The number of methoxy groups -OCH3 is 1. The van der Waals surface area contributed by atoms with Crippen molar-refractivity contribution in [3.63, 3.8) is 0 Å². The van der Waals surface area contributed by atoms with Gasteiger partial charge in [-0.15, -0.1) is 0 Å². The molecule has 1 saturated heterocycles. The lowest BCUT2D eigenvalue weighted by Crippen LogP contribution is -2.31. The first-order chi connectivity index (χ1) is 14.4. The quantitative estimate of drug-likeness (QED) is 0.457. The average Bonchev–Trinajstić information content (AvgIpc) is 2.98. The van der Waals surface area contributed by atoms with Crippen LogP contribution in [-0.4, -0.2) is 46.5 Å². The number of thioether (sulfide) groups is 1. The van der Waals surface area contributed by atoms with Crippen LogP contribution in [0.15, 0.2) is 47.4 Å². The van der Waals surface area contributed by atoms with Crippen LogP contribution in [0.1, 0.15) is 21.5 Å². The van der Waals surface area contributed by atoms with Crippen LogP contribution < -0.4 is 4.74 Å². The summed E-state index contributed by atoms with van der Waals surface area (Å²) in [5.41, 5.74) is 1.79. The third-order valence-electron chi connectivity index (χ3n) is 4.24. The van der Waals surface area contributed by atoms with E-state index in [1.807, 2.05) is 0 Å². The Morgan fingerprint density at radius 2 is 2.00 bits per heavy atom. The molecule has 0 spiro atoms. The van der Waals surface area contributed by atoms with Crippen LogP contribution in [-0.2, 0) is 16.1 Å². The Balaban J connectivity index is 1.66. The molecule has 0 unspecified atom stereocenters. The number of carbonyl (C=O) groups excluding carboxylic acids is 1. The molecule has 2 aromatic rings. The van der Waals surface area contributed by atoms with E-state index >= 15 is 0 Å². The highest BCUT2D eigenvalue weighted by Gasteiger charge is 2.31. The summed E-state index contributed by atoms with van der Waals surface area (Å²) in [7, 11) is 1.57. The molecule has 1 heterocycles. The van der Waals surface area contributed by atoms with E-state index < -0.39 is 5.97 Å². The van der Waals surface area contributed by atoms with Gasteiger partial charge in [-0.3, -0.25) is 9.69 Å². The number of benzene rings is 2. The molecule has 3 rings (SSSR count). The molecule has 2 aromatic carbocycles. The standard InChI is InChI=1S/C21H18ClNO5S2/c1-27-9-8-23-19(24)18(30-21(23)29)11-14-4-7-17(16(22)10-14)28-12-13-2-5-15(6-3-13)20(25)26/h2-7,10-11H,8-9,12H2,1H3,(H,25,26)/b18-11-. The Hall–Kier alpha value is -2.39. The van der Waals surface area contributed by atoms with Gasteiger partial charge in [0.05, 0.1) is 28.6 Å². The number of nitrogens with zero attached hydrogens (tertiary/aromatic N) is 1. The van der Waals surface area contributed by atoms with Crippen molar-refractivity contribution >= 4 is 57.9 Å². The Bertz CT molecular complexity index is 1010. The maximum absolute atomic E-state index is 12.5. The number of hydrogen-bond donors (Lipinski definition) is 1. The summed E-state index contributed by atoms with van der Waals surface area (Å²) in [6.45, 7) is 1.08. The number of aromatic carboxylic acids is 1. The van der Waals surface area contributed by atoms with Crippen LogP contribution in [0.2, 0.25) is 5.02 Å². The summed E-state index contributed by atoms with van der Waals surface area (Å²) in [6.07, 6.45) is 1.74. The van der Waals surface area contributed by atoms with E-state index in [9.17, 15) is 9.59 Å². The molecule has 0 atom stereocenters. The van der Waals surface area contributed by atoms with E-state index in [0.717, 1.165) is 11.1 Å². The molecule has 30 heavy (non-hydrogen) atoms. The predicted octanol–water partition coefficient (Wildman–Crippen LogP) is 4.46. The van der Waals surface area contributed by atoms with E-state index in [0.29, 0.717) is 33.1 Å². The summed E-state index contributed by atoms with van der Waals surface area (Å²) >= 11 is 12.8. The minimum Gasteiger partial charge on any atom is -0.487 e. The van der Waals surface area contributed by atoms with E-state index in [2.05, 4.69) is 0 Å². The molecule has 1 aliphatic rings. The van der Waals surface area contributed by atoms with E-state index in [1.165, 1.54) is 28.8 Å². The topological polar surface area (TPSA) is 76.1 Å². The molecule has 1 aliphatic heterocycles. The molecule has 156 valence electrons. The lowest BCUT2D eigenvalue weighted by molar-refractivity contribution is -0.122. The Kier molecular flexibility index (Phi) is 7.49. The molecule has 6 nitrogen and oxygen atoms in total. The second-order valence-electron chi connectivity index (χ2n) is 6.31. The third kappa shape index (κ3) is 5.40. The first-order valence-corrected chi connectivity index (χ1v) is 10.5. The van der Waals surface area contributed by atoms with Gasteiger partial charge in [0.1, 0.15) is 16.7 Å². The smallest absolute Gasteiger partial charge is 0.335 e. The third-order valence-corrected chi connectivity index (χ3v) is 5.91. The van der Waals surface area contributed by atoms with E-state index in [1.54, 1.807) is 43.5 Å². The number of ether oxygens (including phenoxy) is 2. The van der Waals surface area contributed by atoms with E-state index in [-0.39, 0.29) is 18.1 Å². The van der Waals surface area contributed by atoms with Gasteiger partial charge in [-0.25, -0.2) is 4.79 Å². The Morgan fingerprint density at radius 1 is 1.27 bits per heavy atom. The summed E-state index contributed by atoms with van der Waals surface area (Å²) in [6, 6.07) is 11.7. The van der Waals surface area contributed by atoms with Crippen molar-refractivity contribution in [2.45, 2.75) is 6.61 Å². The van der Waals surface area contributed by atoms with Crippen LogP contribution >= 0.6 is 35.6 Å². The summed E-state index contributed by atoms with van der Waals surface area (Å²) in [4.78, 5) is 25.5. The lowest BCUT2D eigenvalue weighted by Gasteiger charge is -2.13. The highest BCUT2D eigenvalue weighted by Crippen LogP contribution is 2.34. The zero-order valence-electron chi connectivity index (χ0n) is 16.0. The second-order valence-corrected chi connectivity index (χ2v) is 8.39. The van der Waals surface area contributed by atoms with Gasteiger partial charge in [0, 0.05) is 7.11 Å². The van der Waals surface area contributed by atoms with Crippen LogP contribution in [0.25, 0.3) is 6.08 Å². The van der Waals surface area contributed by atoms with Crippen molar-refractivity contribution in [1.29, 1.82) is 0 Å². The zero-order valence-corrected chi connectivity index (χ0v) is 18.4. The van der Waals surface area contributed by atoms with Crippen molar-refractivity contribution in [3.8, 4) is 5.75 Å². The molecular weight excluding hydrogens is 446 g/mol. The number of amides is 1. The number of thiocarbonyl (C=S) groups is 1. The van der Waals surface area contributed by atoms with Gasteiger partial charge in [0.2, 0.25) is 0 Å². The minimum absolute atomic E-state index is 0.150. The number of carbonyl (C=O) groups is 2. The number of carboxylic acids is 1. The summed E-state index contributed by atoms with van der Waals surface area (Å²) in [5.74, 6) is -0.635. The number of carboxylic acid groups (broad SMARTS) is 1. The fourth-order valence-electron chi connectivity index (χ4n) is 2.66. The maximum atomic E-state index is 12.5. The van der Waals surface area contributed by atoms with Gasteiger partial charge in [0.15, 0.2) is 0 Å². The van der Waals surface area contributed by atoms with Crippen molar-refractivity contribution in [3.05, 3.63) is 69.1 Å². The number of rotatable bonds is 8. The maximum Gasteiger partial charge on any atom is 0.335 e.